The highest BCUT2D eigenvalue weighted by Gasteiger charge is 2.17. The predicted octanol–water partition coefficient (Wildman–Crippen LogP) is 1.89. The molecule has 0 radical (unpaired) electrons. The smallest absolute Gasteiger partial charge is 0.275 e. The molecule has 6 nitrogen and oxygen atoms in total. The number of rotatable bonds is 5. The van der Waals surface area contributed by atoms with Crippen molar-refractivity contribution in [3.05, 3.63) is 23.8 Å². The number of amides is 1. The van der Waals surface area contributed by atoms with E-state index in [4.69, 9.17) is 19.0 Å². The Kier molecular flexibility index (Phi) is 5.20. The summed E-state index contributed by atoms with van der Waals surface area (Å²) in [4.78, 5) is 17.2. The Morgan fingerprint density at radius 2 is 2.05 bits per heavy atom. The minimum Gasteiger partial charge on any atom is -0.493 e. The lowest BCUT2D eigenvalue weighted by Gasteiger charge is -2.22. The molecule has 1 N–H and O–H groups in total. The van der Waals surface area contributed by atoms with Crippen LogP contribution in [0.1, 0.15) is 29.6 Å². The lowest BCUT2D eigenvalue weighted by atomic mass is 10.2. The molecule has 1 atom stereocenters. The maximum atomic E-state index is 12.0. The van der Waals surface area contributed by atoms with Crippen LogP contribution in [-0.2, 0) is 9.57 Å². The maximum Gasteiger partial charge on any atom is 0.275 e. The van der Waals surface area contributed by atoms with E-state index in [9.17, 15) is 4.79 Å². The molecule has 0 spiro atoms. The topological polar surface area (TPSA) is 66.0 Å². The van der Waals surface area contributed by atoms with Crippen LogP contribution < -0.4 is 15.0 Å². The number of ether oxygens (including phenoxy) is 3. The van der Waals surface area contributed by atoms with Gasteiger partial charge in [-0.25, -0.2) is 10.3 Å². The molecule has 1 aromatic rings. The summed E-state index contributed by atoms with van der Waals surface area (Å²) < 4.78 is 15.6. The van der Waals surface area contributed by atoms with Crippen molar-refractivity contribution in [2.75, 3.05) is 20.8 Å². The standard InChI is InChI=1S/C14H19NO5/c1-17-11-7-6-10(9-12(11)18-2)14(16)15-20-13-5-3-4-8-19-13/h6-7,9,13H,3-5,8H2,1-2H3,(H,15,16)/t13-/m1/s1. The Bertz CT molecular complexity index is 457. The molecular weight excluding hydrogens is 262 g/mol. The second kappa shape index (κ2) is 7.12. The Labute approximate surface area is 117 Å². The first-order valence-corrected chi connectivity index (χ1v) is 6.54. The van der Waals surface area contributed by atoms with Crippen molar-refractivity contribution in [3.8, 4) is 11.5 Å². The van der Waals surface area contributed by atoms with Crippen LogP contribution in [0.25, 0.3) is 0 Å². The van der Waals surface area contributed by atoms with E-state index in [-0.39, 0.29) is 12.2 Å². The minimum atomic E-state index is -0.368. The highest BCUT2D eigenvalue weighted by atomic mass is 16.8. The fraction of sp³-hybridized carbons (Fsp3) is 0.500. The molecule has 1 heterocycles. The van der Waals surface area contributed by atoms with E-state index < -0.39 is 0 Å². The van der Waals surface area contributed by atoms with Gasteiger partial charge in [-0.05, 0) is 31.0 Å². The Morgan fingerprint density at radius 1 is 1.25 bits per heavy atom. The molecule has 0 saturated carbocycles. The number of hydrogen-bond donors (Lipinski definition) is 1. The summed E-state index contributed by atoms with van der Waals surface area (Å²) in [6.45, 7) is 0.664. The zero-order valence-corrected chi connectivity index (χ0v) is 11.7. The van der Waals surface area contributed by atoms with Gasteiger partial charge < -0.3 is 14.2 Å². The van der Waals surface area contributed by atoms with Crippen LogP contribution >= 0.6 is 0 Å². The molecule has 110 valence electrons. The maximum absolute atomic E-state index is 12.0. The van der Waals surface area contributed by atoms with Crippen molar-refractivity contribution in [1.29, 1.82) is 0 Å². The Balaban J connectivity index is 1.94. The number of benzene rings is 1. The molecule has 1 fully saturated rings. The summed E-state index contributed by atoms with van der Waals surface area (Å²) in [6.07, 6.45) is 2.49. The first kappa shape index (κ1) is 14.6. The largest absolute Gasteiger partial charge is 0.493 e. The summed E-state index contributed by atoms with van der Waals surface area (Å²) in [5.74, 6) is 0.717. The van der Waals surface area contributed by atoms with Crippen molar-refractivity contribution >= 4 is 5.91 Å². The number of methoxy groups -OCH3 is 2. The molecule has 0 bridgehead atoms. The van der Waals surface area contributed by atoms with Crippen LogP contribution in [0, 0.1) is 0 Å². The number of nitrogens with one attached hydrogen (secondary N) is 1. The van der Waals surface area contributed by atoms with Crippen LogP contribution in [0.4, 0.5) is 0 Å². The zero-order chi connectivity index (χ0) is 14.4. The van der Waals surface area contributed by atoms with Crippen molar-refractivity contribution in [1.82, 2.24) is 5.48 Å². The van der Waals surface area contributed by atoms with E-state index in [2.05, 4.69) is 5.48 Å². The van der Waals surface area contributed by atoms with Gasteiger partial charge in [-0.15, -0.1) is 0 Å². The van der Waals surface area contributed by atoms with Crippen LogP contribution in [0.2, 0.25) is 0 Å². The van der Waals surface area contributed by atoms with Crippen molar-refractivity contribution in [2.45, 2.75) is 25.6 Å². The average Bonchev–Trinajstić information content (AvgIpc) is 2.52. The summed E-state index contributed by atoms with van der Waals surface area (Å²) in [5, 5.41) is 0. The Morgan fingerprint density at radius 3 is 2.70 bits per heavy atom. The van der Waals surface area contributed by atoms with E-state index in [0.717, 1.165) is 19.3 Å². The first-order valence-electron chi connectivity index (χ1n) is 6.54. The van der Waals surface area contributed by atoms with Crippen LogP contribution in [0.5, 0.6) is 11.5 Å². The fourth-order valence-corrected chi connectivity index (χ4v) is 1.96. The molecule has 0 unspecified atom stereocenters. The SMILES string of the molecule is COc1ccc(C(=O)NO[C@@H]2CCCCO2)cc1OC. The second-order valence-corrected chi connectivity index (χ2v) is 4.41. The molecule has 1 aliphatic heterocycles. The average molecular weight is 281 g/mol. The highest BCUT2D eigenvalue weighted by molar-refractivity contribution is 5.94. The van der Waals surface area contributed by atoms with E-state index in [0.29, 0.717) is 23.7 Å². The number of carbonyl (C=O) groups is 1. The zero-order valence-electron chi connectivity index (χ0n) is 11.7. The van der Waals surface area contributed by atoms with Crippen LogP contribution in [0.3, 0.4) is 0 Å². The van der Waals surface area contributed by atoms with Crippen LogP contribution in [-0.4, -0.2) is 33.0 Å². The molecule has 1 saturated heterocycles. The molecule has 1 aromatic carbocycles. The molecular formula is C14H19NO5. The summed E-state index contributed by atoms with van der Waals surface area (Å²) in [6, 6.07) is 4.91. The van der Waals surface area contributed by atoms with E-state index >= 15 is 0 Å². The van der Waals surface area contributed by atoms with E-state index in [1.807, 2.05) is 0 Å². The van der Waals surface area contributed by atoms with Gasteiger partial charge in [-0.2, -0.15) is 0 Å². The van der Waals surface area contributed by atoms with Gasteiger partial charge in [-0.1, -0.05) is 0 Å². The monoisotopic (exact) mass is 281 g/mol. The minimum absolute atomic E-state index is 0.347. The lowest BCUT2D eigenvalue weighted by molar-refractivity contribution is -0.186. The summed E-state index contributed by atoms with van der Waals surface area (Å²) >= 11 is 0. The van der Waals surface area contributed by atoms with E-state index in [1.165, 1.54) is 7.11 Å². The van der Waals surface area contributed by atoms with Gasteiger partial charge in [0.15, 0.2) is 17.8 Å². The number of carbonyl (C=O) groups excluding carboxylic acids is 1. The summed E-state index contributed by atoms with van der Waals surface area (Å²) in [7, 11) is 3.06. The molecule has 6 heteroatoms. The third-order valence-corrected chi connectivity index (χ3v) is 3.07. The fourth-order valence-electron chi connectivity index (χ4n) is 1.96. The molecule has 1 amide bonds. The van der Waals surface area contributed by atoms with Crippen molar-refractivity contribution in [2.24, 2.45) is 0 Å². The molecule has 20 heavy (non-hydrogen) atoms. The molecule has 1 aliphatic rings. The van der Waals surface area contributed by atoms with Gasteiger partial charge in [0.1, 0.15) is 0 Å². The van der Waals surface area contributed by atoms with Crippen molar-refractivity contribution in [3.63, 3.8) is 0 Å². The lowest BCUT2D eigenvalue weighted by Crippen LogP contribution is -2.33. The predicted molar refractivity (Wildman–Crippen MR) is 71.7 cm³/mol. The van der Waals surface area contributed by atoms with E-state index in [1.54, 1.807) is 25.3 Å². The summed E-state index contributed by atoms with van der Waals surface area (Å²) in [5.41, 5.74) is 2.83. The van der Waals surface area contributed by atoms with Gasteiger partial charge in [0, 0.05) is 18.6 Å². The number of hydrogen-bond acceptors (Lipinski definition) is 5. The van der Waals surface area contributed by atoms with Crippen LogP contribution in [0.15, 0.2) is 18.2 Å². The van der Waals surface area contributed by atoms with Crippen molar-refractivity contribution < 1.29 is 23.8 Å². The highest BCUT2D eigenvalue weighted by Crippen LogP contribution is 2.27. The molecule has 0 aliphatic carbocycles. The number of hydroxylamine groups is 1. The van der Waals surface area contributed by atoms with Gasteiger partial charge >= 0.3 is 0 Å². The van der Waals surface area contributed by atoms with Gasteiger partial charge in [0.25, 0.3) is 5.91 Å². The third-order valence-electron chi connectivity index (χ3n) is 3.07. The van der Waals surface area contributed by atoms with Gasteiger partial charge in [0.05, 0.1) is 14.2 Å². The normalized spacial score (nSPS) is 18.4. The third kappa shape index (κ3) is 3.61. The quantitative estimate of drug-likeness (QED) is 0.835. The first-order chi connectivity index (χ1) is 9.74. The molecule has 2 rings (SSSR count). The Hall–Kier alpha value is -1.79. The second-order valence-electron chi connectivity index (χ2n) is 4.41. The van der Waals surface area contributed by atoms with Gasteiger partial charge in [0.2, 0.25) is 0 Å². The van der Waals surface area contributed by atoms with Gasteiger partial charge in [-0.3, -0.25) is 4.79 Å². The molecule has 0 aromatic heterocycles.